The molecule has 0 aliphatic rings. The summed E-state index contributed by atoms with van der Waals surface area (Å²) in [4.78, 5) is 22.6. The van der Waals surface area contributed by atoms with Gasteiger partial charge in [0.15, 0.2) is 6.61 Å². The van der Waals surface area contributed by atoms with Crippen LogP contribution < -0.4 is 10.0 Å². The molecule has 2 N–H and O–H groups in total. The Morgan fingerprint density at radius 1 is 1.00 bits per heavy atom. The molecule has 0 spiro atoms. The Labute approximate surface area is 154 Å². The minimum Gasteiger partial charge on any atom is -0.455 e. The lowest BCUT2D eigenvalue weighted by molar-refractivity contribution is -0.147. The molecule has 2 aromatic rings. The number of ether oxygens (including phenoxy) is 1. The molecule has 7 nitrogen and oxygen atoms in total. The van der Waals surface area contributed by atoms with Gasteiger partial charge in [-0.05, 0) is 29.8 Å². The van der Waals surface area contributed by atoms with Crippen molar-refractivity contribution < 1.29 is 31.5 Å². The monoisotopic (exact) mass is 398 g/mol. The number of sulfonamides is 1. The van der Waals surface area contributed by atoms with E-state index in [2.05, 4.69) is 10.1 Å². The molecular formula is C17H16F2N2O5S. The van der Waals surface area contributed by atoms with Crippen LogP contribution in [0.4, 0.5) is 8.78 Å². The second kappa shape index (κ2) is 9.19. The van der Waals surface area contributed by atoms with E-state index < -0.39 is 51.6 Å². The van der Waals surface area contributed by atoms with Gasteiger partial charge in [-0.1, -0.05) is 24.3 Å². The molecule has 27 heavy (non-hydrogen) atoms. The van der Waals surface area contributed by atoms with Crippen LogP contribution in [-0.4, -0.2) is 33.4 Å². The van der Waals surface area contributed by atoms with Gasteiger partial charge < -0.3 is 10.1 Å². The van der Waals surface area contributed by atoms with Crippen LogP contribution in [0.3, 0.4) is 0 Å². The number of carbonyl (C=O) groups excluding carboxylic acids is 2. The number of halogens is 2. The number of nitrogens with one attached hydrogen (secondary N) is 2. The zero-order valence-electron chi connectivity index (χ0n) is 13.9. The van der Waals surface area contributed by atoms with E-state index in [1.807, 2.05) is 4.72 Å². The number of amides is 1. The molecule has 0 radical (unpaired) electrons. The summed E-state index contributed by atoms with van der Waals surface area (Å²) in [5, 5.41) is 2.45. The SMILES string of the molecule is O=C(COC(=O)CNS(=O)(=O)c1ccccc1F)NCc1ccc(F)cc1. The quantitative estimate of drug-likeness (QED) is 0.649. The molecule has 144 valence electrons. The molecule has 0 fully saturated rings. The fourth-order valence-corrected chi connectivity index (χ4v) is 2.99. The normalized spacial score (nSPS) is 11.0. The molecule has 2 aromatic carbocycles. The maximum atomic E-state index is 13.5. The van der Waals surface area contributed by atoms with Crippen molar-refractivity contribution >= 4 is 21.9 Å². The van der Waals surface area contributed by atoms with E-state index >= 15 is 0 Å². The van der Waals surface area contributed by atoms with Crippen LogP contribution in [0.2, 0.25) is 0 Å². The van der Waals surface area contributed by atoms with E-state index in [4.69, 9.17) is 0 Å². The summed E-state index contributed by atoms with van der Waals surface area (Å²) < 4.78 is 56.6. The highest BCUT2D eigenvalue weighted by Crippen LogP contribution is 2.12. The Hall–Kier alpha value is -2.85. The summed E-state index contributed by atoms with van der Waals surface area (Å²) in [6, 6.07) is 10.1. The summed E-state index contributed by atoms with van der Waals surface area (Å²) in [5.74, 6) is -2.99. The highest BCUT2D eigenvalue weighted by Gasteiger charge is 2.20. The molecule has 1 amide bonds. The molecule has 0 unspecified atom stereocenters. The van der Waals surface area contributed by atoms with Gasteiger partial charge >= 0.3 is 5.97 Å². The third-order valence-electron chi connectivity index (χ3n) is 3.30. The van der Waals surface area contributed by atoms with E-state index in [-0.39, 0.29) is 6.54 Å². The minimum absolute atomic E-state index is 0.108. The maximum absolute atomic E-state index is 13.5. The maximum Gasteiger partial charge on any atom is 0.321 e. The smallest absolute Gasteiger partial charge is 0.321 e. The highest BCUT2D eigenvalue weighted by atomic mass is 32.2. The molecular weight excluding hydrogens is 382 g/mol. The molecule has 10 heteroatoms. The van der Waals surface area contributed by atoms with Crippen LogP contribution in [0.25, 0.3) is 0 Å². The first kappa shape index (κ1) is 20.5. The Bertz CT molecular complexity index is 917. The van der Waals surface area contributed by atoms with Crippen molar-refractivity contribution in [3.8, 4) is 0 Å². The molecule has 2 rings (SSSR count). The minimum atomic E-state index is -4.23. The first-order chi connectivity index (χ1) is 12.8. The van der Waals surface area contributed by atoms with Gasteiger partial charge in [0, 0.05) is 6.54 Å². The second-order valence-corrected chi connectivity index (χ2v) is 7.05. The predicted molar refractivity (Wildman–Crippen MR) is 90.8 cm³/mol. The van der Waals surface area contributed by atoms with Crippen molar-refractivity contribution in [3.05, 3.63) is 65.7 Å². The van der Waals surface area contributed by atoms with Crippen molar-refractivity contribution in [1.29, 1.82) is 0 Å². The average Bonchev–Trinajstić information content (AvgIpc) is 2.64. The van der Waals surface area contributed by atoms with E-state index in [9.17, 15) is 26.8 Å². The highest BCUT2D eigenvalue weighted by molar-refractivity contribution is 7.89. The number of benzene rings is 2. The fourth-order valence-electron chi connectivity index (χ4n) is 1.95. The summed E-state index contributed by atoms with van der Waals surface area (Å²) in [5.41, 5.74) is 0.647. The van der Waals surface area contributed by atoms with Crippen LogP contribution in [-0.2, 0) is 30.9 Å². The molecule has 0 aliphatic heterocycles. The molecule has 0 aliphatic carbocycles. The second-order valence-electron chi connectivity index (χ2n) is 5.32. The molecule has 0 saturated carbocycles. The lowest BCUT2D eigenvalue weighted by atomic mass is 10.2. The number of esters is 1. The number of carbonyl (C=O) groups is 2. The number of hydrogen-bond acceptors (Lipinski definition) is 5. The van der Waals surface area contributed by atoms with E-state index in [0.717, 1.165) is 12.1 Å². The van der Waals surface area contributed by atoms with Gasteiger partial charge in [-0.25, -0.2) is 17.2 Å². The van der Waals surface area contributed by atoms with Crippen molar-refractivity contribution in [3.63, 3.8) is 0 Å². The molecule has 0 atom stereocenters. The first-order valence-corrected chi connectivity index (χ1v) is 9.17. The lowest BCUT2D eigenvalue weighted by Crippen LogP contribution is -2.34. The standard InChI is InChI=1S/C17H16F2N2O5S/c18-13-7-5-12(6-8-13)9-20-16(22)11-26-17(23)10-21-27(24,25)15-4-2-1-3-14(15)19/h1-8,21H,9-11H2,(H,20,22). The van der Waals surface area contributed by atoms with Crippen LogP contribution in [0.5, 0.6) is 0 Å². The topological polar surface area (TPSA) is 102 Å². The Balaban J connectivity index is 1.75. The Morgan fingerprint density at radius 3 is 2.33 bits per heavy atom. The fraction of sp³-hybridized carbons (Fsp3) is 0.176. The van der Waals surface area contributed by atoms with Gasteiger partial charge in [-0.15, -0.1) is 0 Å². The van der Waals surface area contributed by atoms with Crippen molar-refractivity contribution in [2.24, 2.45) is 0 Å². The van der Waals surface area contributed by atoms with Gasteiger partial charge in [-0.3, -0.25) is 9.59 Å². The van der Waals surface area contributed by atoms with Crippen molar-refractivity contribution in [2.45, 2.75) is 11.4 Å². The van der Waals surface area contributed by atoms with Crippen LogP contribution in [0, 0.1) is 11.6 Å². The van der Waals surface area contributed by atoms with Gasteiger partial charge in [0.05, 0.1) is 0 Å². The first-order valence-electron chi connectivity index (χ1n) is 7.69. The summed E-state index contributed by atoms with van der Waals surface area (Å²) >= 11 is 0. The van der Waals surface area contributed by atoms with Gasteiger partial charge in [-0.2, -0.15) is 4.72 Å². The van der Waals surface area contributed by atoms with E-state index in [1.165, 1.54) is 36.4 Å². The zero-order chi connectivity index (χ0) is 19.9. The van der Waals surface area contributed by atoms with Crippen LogP contribution in [0.15, 0.2) is 53.4 Å². The van der Waals surface area contributed by atoms with Crippen LogP contribution >= 0.6 is 0 Å². The molecule has 0 saturated heterocycles. The van der Waals surface area contributed by atoms with Crippen molar-refractivity contribution in [1.82, 2.24) is 10.0 Å². The lowest BCUT2D eigenvalue weighted by Gasteiger charge is -2.08. The molecule has 0 aromatic heterocycles. The third kappa shape index (κ3) is 6.42. The summed E-state index contributed by atoms with van der Waals surface area (Å²) in [6.07, 6.45) is 0. The number of hydrogen-bond donors (Lipinski definition) is 2. The third-order valence-corrected chi connectivity index (χ3v) is 4.73. The van der Waals surface area contributed by atoms with E-state index in [0.29, 0.717) is 5.56 Å². The Morgan fingerprint density at radius 2 is 1.67 bits per heavy atom. The molecule has 0 heterocycles. The van der Waals surface area contributed by atoms with Crippen LogP contribution in [0.1, 0.15) is 5.56 Å². The predicted octanol–water partition coefficient (Wildman–Crippen LogP) is 1.10. The van der Waals surface area contributed by atoms with Crippen molar-refractivity contribution in [2.75, 3.05) is 13.2 Å². The zero-order valence-corrected chi connectivity index (χ0v) is 14.8. The largest absolute Gasteiger partial charge is 0.455 e. The van der Waals surface area contributed by atoms with E-state index in [1.54, 1.807) is 0 Å². The average molecular weight is 398 g/mol. The molecule has 0 bridgehead atoms. The summed E-state index contributed by atoms with van der Waals surface area (Å²) in [6.45, 7) is -1.28. The summed E-state index contributed by atoms with van der Waals surface area (Å²) in [7, 11) is -4.23. The van der Waals surface area contributed by atoms with Gasteiger partial charge in [0.1, 0.15) is 23.1 Å². The van der Waals surface area contributed by atoms with Gasteiger partial charge in [0.25, 0.3) is 5.91 Å². The van der Waals surface area contributed by atoms with Gasteiger partial charge in [0.2, 0.25) is 10.0 Å². The Kier molecular flexibility index (Phi) is 6.97. The number of rotatable bonds is 8.